The average molecular weight is 568 g/mol. The lowest BCUT2D eigenvalue weighted by atomic mass is 9.87. The molecule has 0 N–H and O–H groups in total. The van der Waals surface area contributed by atoms with Crippen LogP contribution in [-0.2, 0) is 20.2 Å². The zero-order valence-electron chi connectivity index (χ0n) is 23.1. The Morgan fingerprint density at radius 3 is 2.26 bits per heavy atom. The summed E-state index contributed by atoms with van der Waals surface area (Å²) in [5.41, 5.74) is 2.63. The van der Waals surface area contributed by atoms with Crippen LogP contribution in [0.5, 0.6) is 0 Å². The van der Waals surface area contributed by atoms with E-state index in [2.05, 4.69) is 20.8 Å². The lowest BCUT2D eigenvalue weighted by Crippen LogP contribution is -2.39. The van der Waals surface area contributed by atoms with Gasteiger partial charge in [0.2, 0.25) is 10.0 Å². The van der Waals surface area contributed by atoms with Gasteiger partial charge in [-0.3, -0.25) is 9.36 Å². The standard InChI is InChI=1S/C30H34ClN3O4S/c1-20-7-12-24(13-8-20)34-28(32-27-19-23(31)11-16-26(27)29(34)35)21(2)33(17-18-38-6)39(36,37)25-14-9-22(10-15-25)30(3,4)5/h7-16,19,21H,17-18H2,1-6H3. The molecule has 0 bridgehead atoms. The molecule has 206 valence electrons. The molecule has 1 aromatic heterocycles. The van der Waals surface area contributed by atoms with E-state index in [1.165, 1.54) is 16.0 Å². The quantitative estimate of drug-likeness (QED) is 0.259. The highest BCUT2D eigenvalue weighted by Crippen LogP contribution is 2.30. The Balaban J connectivity index is 1.92. The van der Waals surface area contributed by atoms with Crippen molar-refractivity contribution in [3.05, 3.63) is 99.1 Å². The fraction of sp³-hybridized carbons (Fsp3) is 0.333. The van der Waals surface area contributed by atoms with E-state index in [4.69, 9.17) is 21.3 Å². The number of benzene rings is 3. The molecule has 9 heteroatoms. The van der Waals surface area contributed by atoms with Gasteiger partial charge in [-0.05, 0) is 67.3 Å². The largest absolute Gasteiger partial charge is 0.383 e. The monoisotopic (exact) mass is 567 g/mol. The topological polar surface area (TPSA) is 81.5 Å². The second kappa shape index (κ2) is 11.2. The average Bonchev–Trinajstić information content (AvgIpc) is 2.88. The Labute approximate surface area is 235 Å². The number of halogens is 1. The number of hydrogen-bond donors (Lipinski definition) is 0. The molecule has 0 saturated heterocycles. The van der Waals surface area contributed by atoms with Crippen molar-refractivity contribution in [1.29, 1.82) is 0 Å². The Hall–Kier alpha value is -3.04. The molecule has 0 radical (unpaired) electrons. The van der Waals surface area contributed by atoms with Gasteiger partial charge in [0.15, 0.2) is 0 Å². The van der Waals surface area contributed by atoms with Crippen LogP contribution in [-0.4, -0.2) is 42.5 Å². The normalized spacial score (nSPS) is 13.2. The number of rotatable bonds is 8. The molecule has 39 heavy (non-hydrogen) atoms. The van der Waals surface area contributed by atoms with Crippen LogP contribution in [0.15, 0.2) is 76.4 Å². The summed E-state index contributed by atoms with van der Waals surface area (Å²) < 4.78 is 36.2. The predicted molar refractivity (Wildman–Crippen MR) is 156 cm³/mol. The molecule has 4 rings (SSSR count). The SMILES string of the molecule is COCCN(C(C)c1nc2cc(Cl)ccc2c(=O)n1-c1ccc(C)cc1)S(=O)(=O)c1ccc(C(C)(C)C)cc1. The van der Waals surface area contributed by atoms with Gasteiger partial charge in [-0.25, -0.2) is 13.4 Å². The van der Waals surface area contributed by atoms with E-state index >= 15 is 0 Å². The van der Waals surface area contributed by atoms with E-state index < -0.39 is 16.1 Å². The van der Waals surface area contributed by atoms with E-state index in [9.17, 15) is 13.2 Å². The third kappa shape index (κ3) is 5.94. The number of aromatic nitrogens is 2. The summed E-state index contributed by atoms with van der Waals surface area (Å²) >= 11 is 6.23. The number of aryl methyl sites for hydroxylation is 1. The van der Waals surface area contributed by atoms with E-state index in [0.29, 0.717) is 21.6 Å². The van der Waals surface area contributed by atoms with Crippen molar-refractivity contribution in [2.45, 2.75) is 51.0 Å². The Morgan fingerprint density at radius 2 is 1.67 bits per heavy atom. The number of nitrogens with zero attached hydrogens (tertiary/aromatic N) is 3. The molecule has 1 heterocycles. The van der Waals surface area contributed by atoms with E-state index in [0.717, 1.165) is 11.1 Å². The first kappa shape index (κ1) is 29.0. The van der Waals surface area contributed by atoms with E-state index in [1.54, 1.807) is 37.3 Å². The van der Waals surface area contributed by atoms with Gasteiger partial charge in [0, 0.05) is 18.7 Å². The number of fused-ring (bicyclic) bond motifs is 1. The summed E-state index contributed by atoms with van der Waals surface area (Å²) in [6.45, 7) is 10.2. The minimum absolute atomic E-state index is 0.0678. The minimum atomic E-state index is -3.99. The van der Waals surface area contributed by atoms with E-state index in [-0.39, 0.29) is 34.8 Å². The van der Waals surface area contributed by atoms with Crippen LogP contribution in [0.25, 0.3) is 16.6 Å². The minimum Gasteiger partial charge on any atom is -0.383 e. The number of sulfonamides is 1. The zero-order chi connectivity index (χ0) is 28.5. The maximum atomic E-state index is 14.0. The van der Waals surface area contributed by atoms with Crippen LogP contribution in [0.2, 0.25) is 5.02 Å². The summed E-state index contributed by atoms with van der Waals surface area (Å²) in [5, 5.41) is 0.823. The van der Waals surface area contributed by atoms with Crippen molar-refractivity contribution in [3.63, 3.8) is 0 Å². The first-order valence-corrected chi connectivity index (χ1v) is 14.6. The van der Waals surface area contributed by atoms with Gasteiger partial charge < -0.3 is 4.74 Å². The molecule has 1 atom stereocenters. The molecule has 0 aliphatic carbocycles. The molecule has 0 amide bonds. The molecule has 4 aromatic rings. The van der Waals surface area contributed by atoms with Gasteiger partial charge >= 0.3 is 0 Å². The summed E-state index contributed by atoms with van der Waals surface area (Å²) in [4.78, 5) is 18.8. The van der Waals surface area contributed by atoms with Crippen LogP contribution < -0.4 is 5.56 Å². The second-order valence-corrected chi connectivity index (χ2v) is 13.0. The number of methoxy groups -OCH3 is 1. The highest BCUT2D eigenvalue weighted by molar-refractivity contribution is 7.89. The molecule has 0 aliphatic heterocycles. The van der Waals surface area contributed by atoms with Gasteiger partial charge in [-0.15, -0.1) is 0 Å². The van der Waals surface area contributed by atoms with E-state index in [1.807, 2.05) is 43.3 Å². The van der Waals surface area contributed by atoms with Crippen molar-refractivity contribution >= 4 is 32.5 Å². The highest BCUT2D eigenvalue weighted by atomic mass is 35.5. The fourth-order valence-corrected chi connectivity index (χ4v) is 6.24. The maximum absolute atomic E-state index is 14.0. The number of ether oxygens (including phenoxy) is 1. The summed E-state index contributed by atoms with van der Waals surface area (Å²) in [6.07, 6.45) is 0. The van der Waals surface area contributed by atoms with Gasteiger partial charge in [0.25, 0.3) is 5.56 Å². The van der Waals surface area contributed by atoms with Crippen LogP contribution in [0.1, 0.15) is 50.7 Å². The summed E-state index contributed by atoms with van der Waals surface area (Å²) in [6, 6.07) is 18.5. The predicted octanol–water partition coefficient (Wildman–Crippen LogP) is 6.04. The summed E-state index contributed by atoms with van der Waals surface area (Å²) in [7, 11) is -2.47. The maximum Gasteiger partial charge on any atom is 0.266 e. The molecule has 7 nitrogen and oxygen atoms in total. The van der Waals surface area contributed by atoms with Crippen molar-refractivity contribution in [2.24, 2.45) is 0 Å². The van der Waals surface area contributed by atoms with Crippen molar-refractivity contribution < 1.29 is 13.2 Å². The first-order valence-electron chi connectivity index (χ1n) is 12.7. The van der Waals surface area contributed by atoms with Gasteiger partial charge in [0.1, 0.15) is 5.82 Å². The van der Waals surface area contributed by atoms with Crippen LogP contribution in [0.4, 0.5) is 0 Å². The van der Waals surface area contributed by atoms with Gasteiger partial charge in [-0.2, -0.15) is 4.31 Å². The smallest absolute Gasteiger partial charge is 0.266 e. The van der Waals surface area contributed by atoms with Gasteiger partial charge in [0.05, 0.1) is 34.1 Å². The molecule has 3 aromatic carbocycles. The van der Waals surface area contributed by atoms with Crippen LogP contribution >= 0.6 is 11.6 Å². The molecule has 1 unspecified atom stereocenters. The molecule has 0 fully saturated rings. The molecular formula is C30H34ClN3O4S. The fourth-order valence-electron chi connectivity index (χ4n) is 4.49. The Morgan fingerprint density at radius 1 is 1.03 bits per heavy atom. The van der Waals surface area contributed by atoms with Crippen molar-refractivity contribution in [2.75, 3.05) is 20.3 Å². The Kier molecular flexibility index (Phi) is 8.33. The Bertz CT molecular complexity index is 1640. The highest BCUT2D eigenvalue weighted by Gasteiger charge is 2.33. The molecular weight excluding hydrogens is 534 g/mol. The van der Waals surface area contributed by atoms with Crippen LogP contribution in [0.3, 0.4) is 0 Å². The first-order chi connectivity index (χ1) is 18.3. The summed E-state index contributed by atoms with van der Waals surface area (Å²) in [5.74, 6) is 0.282. The van der Waals surface area contributed by atoms with Crippen molar-refractivity contribution in [3.8, 4) is 5.69 Å². The van der Waals surface area contributed by atoms with Crippen molar-refractivity contribution in [1.82, 2.24) is 13.9 Å². The lowest BCUT2D eigenvalue weighted by Gasteiger charge is -2.30. The van der Waals surface area contributed by atoms with Gasteiger partial charge in [-0.1, -0.05) is 62.2 Å². The second-order valence-electron chi connectivity index (χ2n) is 10.7. The zero-order valence-corrected chi connectivity index (χ0v) is 24.7. The third-order valence-corrected chi connectivity index (χ3v) is 9.02. The molecule has 0 saturated carbocycles. The van der Waals surface area contributed by atoms with Crippen LogP contribution in [0, 0.1) is 6.92 Å². The molecule has 0 aliphatic rings. The number of hydrogen-bond acceptors (Lipinski definition) is 5. The molecule has 0 spiro atoms. The third-order valence-electron chi connectivity index (χ3n) is 6.80. The lowest BCUT2D eigenvalue weighted by molar-refractivity contribution is 0.166.